The fourth-order valence-electron chi connectivity index (χ4n) is 5.65. The number of nitrogens with one attached hydrogen (secondary N) is 1. The molecule has 0 radical (unpaired) electrons. The van der Waals surface area contributed by atoms with Gasteiger partial charge in [0.1, 0.15) is 5.82 Å². The fraction of sp³-hybridized carbons (Fsp3) is 0.500. The zero-order valence-corrected chi connectivity index (χ0v) is 17.9. The normalized spacial score (nSPS) is 28.5. The van der Waals surface area contributed by atoms with E-state index >= 15 is 0 Å². The van der Waals surface area contributed by atoms with E-state index in [1.165, 1.54) is 0 Å². The number of anilines is 4. The number of nitroso groups, excluding NO2 is 1. The minimum Gasteiger partial charge on any atom is -0.374 e. The van der Waals surface area contributed by atoms with E-state index in [9.17, 15) is 9.70 Å². The summed E-state index contributed by atoms with van der Waals surface area (Å²) in [5.41, 5.74) is 3.91. The number of nitrogens with zero attached hydrogens (tertiary/aromatic N) is 4. The van der Waals surface area contributed by atoms with Crippen LogP contribution in [0.25, 0.3) is 0 Å². The Morgan fingerprint density at radius 1 is 1.19 bits per heavy atom. The minimum atomic E-state index is -0.151. The van der Waals surface area contributed by atoms with Gasteiger partial charge < -0.3 is 19.9 Å². The van der Waals surface area contributed by atoms with Crippen molar-refractivity contribution in [3.8, 4) is 0 Å². The van der Waals surface area contributed by atoms with Crippen molar-refractivity contribution in [1.29, 1.82) is 0 Å². The number of rotatable bonds is 3. The SMILES string of the molecule is O=NC1CCC(C(=O)N2Cc3cccnc3Nc3ccc(N4CC5C[C@H]4CO5)cc32)CC1. The Morgan fingerprint density at radius 2 is 2.06 bits per heavy atom. The van der Waals surface area contributed by atoms with Crippen LogP contribution in [0.15, 0.2) is 41.7 Å². The third-order valence-electron chi connectivity index (χ3n) is 7.44. The molecule has 32 heavy (non-hydrogen) atoms. The summed E-state index contributed by atoms with van der Waals surface area (Å²) in [4.78, 5) is 33.5. The topological polar surface area (TPSA) is 87.1 Å². The first kappa shape index (κ1) is 19.7. The molecule has 1 unspecified atom stereocenters. The van der Waals surface area contributed by atoms with Crippen molar-refractivity contribution in [1.82, 2.24) is 4.98 Å². The number of morpholine rings is 1. The molecule has 4 heterocycles. The fourth-order valence-corrected chi connectivity index (χ4v) is 5.65. The summed E-state index contributed by atoms with van der Waals surface area (Å²) in [7, 11) is 0. The Labute approximate surface area is 186 Å². The Balaban J connectivity index is 1.36. The van der Waals surface area contributed by atoms with E-state index in [0.717, 1.165) is 48.0 Å². The van der Waals surface area contributed by atoms with Crippen molar-refractivity contribution in [3.63, 3.8) is 0 Å². The van der Waals surface area contributed by atoms with Gasteiger partial charge >= 0.3 is 0 Å². The number of hydrogen-bond acceptors (Lipinski definition) is 7. The second-order valence-corrected chi connectivity index (χ2v) is 9.37. The number of carbonyl (C=O) groups is 1. The van der Waals surface area contributed by atoms with Crippen LogP contribution >= 0.6 is 0 Å². The Hall–Kier alpha value is -3.00. The molecule has 1 aliphatic carbocycles. The van der Waals surface area contributed by atoms with Crippen molar-refractivity contribution in [2.75, 3.05) is 28.3 Å². The van der Waals surface area contributed by atoms with Crippen molar-refractivity contribution in [2.24, 2.45) is 11.1 Å². The first-order valence-electron chi connectivity index (χ1n) is 11.6. The van der Waals surface area contributed by atoms with E-state index in [4.69, 9.17) is 4.74 Å². The summed E-state index contributed by atoms with van der Waals surface area (Å²) >= 11 is 0. The maximum absolute atomic E-state index is 13.8. The molecule has 1 N–H and O–H groups in total. The second kappa shape index (κ2) is 7.85. The number of ether oxygens (including phenoxy) is 1. The highest BCUT2D eigenvalue weighted by Gasteiger charge is 2.40. The number of hydrogen-bond donors (Lipinski definition) is 1. The average Bonchev–Trinajstić information content (AvgIpc) is 3.43. The predicted octanol–water partition coefficient (Wildman–Crippen LogP) is 3.97. The smallest absolute Gasteiger partial charge is 0.230 e. The Kier molecular flexibility index (Phi) is 4.82. The van der Waals surface area contributed by atoms with E-state index in [-0.39, 0.29) is 17.9 Å². The van der Waals surface area contributed by atoms with E-state index in [1.54, 1.807) is 6.20 Å². The van der Waals surface area contributed by atoms with Crippen LogP contribution in [0.4, 0.5) is 22.9 Å². The molecule has 1 aromatic heterocycles. The van der Waals surface area contributed by atoms with Gasteiger partial charge in [0.2, 0.25) is 5.91 Å². The molecule has 0 spiro atoms. The van der Waals surface area contributed by atoms with Gasteiger partial charge in [0, 0.05) is 29.9 Å². The first-order chi connectivity index (χ1) is 15.7. The average molecular weight is 434 g/mol. The molecular formula is C24H27N5O3. The number of pyridine rings is 1. The summed E-state index contributed by atoms with van der Waals surface area (Å²) in [6, 6.07) is 10.5. The molecule has 3 aliphatic heterocycles. The zero-order valence-electron chi connectivity index (χ0n) is 17.9. The lowest BCUT2D eigenvalue weighted by molar-refractivity contribution is -0.123. The molecule has 3 fully saturated rings. The largest absolute Gasteiger partial charge is 0.374 e. The number of amides is 1. The summed E-state index contributed by atoms with van der Waals surface area (Å²) in [5.74, 6) is 0.829. The molecule has 8 heteroatoms. The summed E-state index contributed by atoms with van der Waals surface area (Å²) < 4.78 is 5.78. The molecule has 2 aromatic rings. The molecule has 1 aromatic carbocycles. The standard InChI is InChI=1S/C24H27N5O3/c30-24(15-3-5-17(27-31)6-4-15)29-12-16-2-1-9-25-23(16)26-21-8-7-18(11-22(21)29)28-13-20-10-19(28)14-32-20/h1-2,7-9,11,15,17,19-20H,3-6,10,12-14H2,(H,25,26)/t15?,17?,19-,20?/m0/s1. The molecule has 1 saturated carbocycles. The van der Waals surface area contributed by atoms with Crippen LogP contribution in [0.2, 0.25) is 0 Å². The van der Waals surface area contributed by atoms with Gasteiger partial charge in [0.05, 0.1) is 42.7 Å². The van der Waals surface area contributed by atoms with Gasteiger partial charge in [0.15, 0.2) is 0 Å². The molecule has 6 rings (SSSR count). The van der Waals surface area contributed by atoms with Gasteiger partial charge in [-0.3, -0.25) is 4.79 Å². The molecule has 4 aliphatic rings. The monoisotopic (exact) mass is 433 g/mol. The molecule has 2 bridgehead atoms. The van der Waals surface area contributed by atoms with Gasteiger partial charge in [-0.05, 0) is 56.4 Å². The van der Waals surface area contributed by atoms with E-state index in [2.05, 4.69) is 38.6 Å². The Bertz CT molecular complexity index is 1050. The molecule has 2 atom stereocenters. The number of benzene rings is 1. The number of fused-ring (bicyclic) bond motifs is 4. The number of carbonyl (C=O) groups excluding carboxylic acids is 1. The van der Waals surface area contributed by atoms with E-state index in [0.29, 0.717) is 44.4 Å². The molecule has 8 nitrogen and oxygen atoms in total. The molecular weight excluding hydrogens is 406 g/mol. The van der Waals surface area contributed by atoms with Crippen molar-refractivity contribution < 1.29 is 9.53 Å². The lowest BCUT2D eigenvalue weighted by atomic mass is 9.85. The van der Waals surface area contributed by atoms with Crippen LogP contribution < -0.4 is 15.1 Å². The van der Waals surface area contributed by atoms with Crippen molar-refractivity contribution >= 4 is 28.8 Å². The second-order valence-electron chi connectivity index (χ2n) is 9.37. The van der Waals surface area contributed by atoms with Crippen LogP contribution in [0, 0.1) is 10.8 Å². The van der Waals surface area contributed by atoms with Gasteiger partial charge in [-0.2, -0.15) is 4.91 Å². The highest BCUT2D eigenvalue weighted by atomic mass is 16.5. The summed E-state index contributed by atoms with van der Waals surface area (Å²) in [5, 5.41) is 6.65. The summed E-state index contributed by atoms with van der Waals surface area (Å²) in [6.07, 6.45) is 5.95. The number of aromatic nitrogens is 1. The van der Waals surface area contributed by atoms with Crippen molar-refractivity contribution in [2.45, 2.75) is 56.8 Å². The van der Waals surface area contributed by atoms with Crippen LogP contribution in [0.5, 0.6) is 0 Å². The lowest BCUT2D eigenvalue weighted by Crippen LogP contribution is -2.39. The van der Waals surface area contributed by atoms with Crippen LogP contribution in [0.3, 0.4) is 0 Å². The van der Waals surface area contributed by atoms with Gasteiger partial charge in [-0.1, -0.05) is 11.2 Å². The summed E-state index contributed by atoms with van der Waals surface area (Å²) in [6.45, 7) is 2.15. The zero-order chi connectivity index (χ0) is 21.7. The predicted molar refractivity (Wildman–Crippen MR) is 122 cm³/mol. The van der Waals surface area contributed by atoms with Crippen LogP contribution in [-0.4, -0.2) is 42.2 Å². The van der Waals surface area contributed by atoms with Crippen LogP contribution in [0.1, 0.15) is 37.7 Å². The highest BCUT2D eigenvalue weighted by Crippen LogP contribution is 2.41. The van der Waals surface area contributed by atoms with Crippen LogP contribution in [-0.2, 0) is 16.1 Å². The van der Waals surface area contributed by atoms with Gasteiger partial charge in [-0.15, -0.1) is 0 Å². The lowest BCUT2D eigenvalue weighted by Gasteiger charge is -2.33. The van der Waals surface area contributed by atoms with E-state index in [1.807, 2.05) is 17.0 Å². The first-order valence-corrected chi connectivity index (χ1v) is 11.6. The van der Waals surface area contributed by atoms with E-state index < -0.39 is 0 Å². The van der Waals surface area contributed by atoms with Gasteiger partial charge in [0.25, 0.3) is 0 Å². The van der Waals surface area contributed by atoms with Gasteiger partial charge in [-0.25, -0.2) is 4.98 Å². The third-order valence-corrected chi connectivity index (χ3v) is 7.44. The molecule has 166 valence electrons. The van der Waals surface area contributed by atoms with Crippen molar-refractivity contribution in [3.05, 3.63) is 47.0 Å². The molecule has 1 amide bonds. The minimum absolute atomic E-state index is 0.0843. The Morgan fingerprint density at radius 3 is 2.81 bits per heavy atom. The maximum atomic E-state index is 13.8. The third kappa shape index (κ3) is 3.33. The quantitative estimate of drug-likeness (QED) is 0.737. The highest BCUT2D eigenvalue weighted by molar-refractivity contribution is 6.00. The maximum Gasteiger partial charge on any atom is 0.230 e. The molecule has 2 saturated heterocycles.